The molecule has 0 saturated heterocycles. The molecule has 6 nitrogen and oxygen atoms in total. The van der Waals surface area contributed by atoms with Gasteiger partial charge in [-0.25, -0.2) is 10.6 Å². The molecule has 0 aliphatic heterocycles. The van der Waals surface area contributed by atoms with Crippen LogP contribution in [0.5, 0.6) is 0 Å². The highest BCUT2D eigenvalue weighted by atomic mass is 19.3. The maximum atomic E-state index is 13.9. The van der Waals surface area contributed by atoms with Crippen LogP contribution in [0, 0.1) is 0 Å². The van der Waals surface area contributed by atoms with E-state index in [1.54, 1.807) is 0 Å². The Balaban J connectivity index is 0.00000211. The summed E-state index contributed by atoms with van der Waals surface area (Å²) < 4.78 is 37.5. The van der Waals surface area contributed by atoms with E-state index in [0.29, 0.717) is 6.42 Å². The number of carbonyl (C=O) groups is 1. The highest BCUT2D eigenvalue weighted by Crippen LogP contribution is 2.34. The van der Waals surface area contributed by atoms with Crippen LogP contribution in [0.15, 0.2) is 11.4 Å². The van der Waals surface area contributed by atoms with Crippen molar-refractivity contribution in [2.45, 2.75) is 51.6 Å². The molecule has 0 aromatic rings. The smallest absolute Gasteiger partial charge is 0.331 e. The van der Waals surface area contributed by atoms with E-state index in [9.17, 15) is 13.6 Å². The number of hydrogen-bond acceptors (Lipinski definition) is 6. The lowest BCUT2D eigenvalue weighted by atomic mass is 9.96. The molecular weight excluding hydrogens is 296 g/mol. The predicted molar refractivity (Wildman–Crippen MR) is 79.7 cm³/mol. The van der Waals surface area contributed by atoms with Gasteiger partial charge >= 0.3 is 5.97 Å². The number of nitrogens with two attached hydrogens (primary N) is 2. The molecule has 1 aliphatic rings. The lowest BCUT2D eigenvalue weighted by Crippen LogP contribution is -2.37. The predicted octanol–water partition coefficient (Wildman–Crippen LogP) is 1.76. The van der Waals surface area contributed by atoms with E-state index in [4.69, 9.17) is 16.3 Å². The van der Waals surface area contributed by atoms with E-state index < -0.39 is 30.1 Å². The molecule has 130 valence electrons. The largest absolute Gasteiger partial charge is 0.467 e. The molecule has 0 saturated carbocycles. The van der Waals surface area contributed by atoms with Gasteiger partial charge in [-0.3, -0.25) is 0 Å². The summed E-state index contributed by atoms with van der Waals surface area (Å²) >= 11 is 0. The number of methoxy groups -OCH3 is 1. The van der Waals surface area contributed by atoms with Gasteiger partial charge < -0.3 is 20.2 Å². The molecule has 0 bridgehead atoms. The van der Waals surface area contributed by atoms with Gasteiger partial charge in [-0.1, -0.05) is 13.8 Å². The summed E-state index contributed by atoms with van der Waals surface area (Å²) in [6.07, 6.45) is -0.0536. The quantitative estimate of drug-likeness (QED) is 0.465. The van der Waals surface area contributed by atoms with Crippen molar-refractivity contribution in [1.29, 1.82) is 0 Å². The highest BCUT2D eigenvalue weighted by molar-refractivity contribution is 5.70. The van der Waals surface area contributed by atoms with Crippen molar-refractivity contribution in [2.24, 2.45) is 11.6 Å². The first-order chi connectivity index (χ1) is 10.3. The van der Waals surface area contributed by atoms with E-state index in [1.807, 2.05) is 13.8 Å². The van der Waals surface area contributed by atoms with E-state index in [1.165, 1.54) is 14.2 Å². The minimum absolute atomic E-state index is 0.117. The number of allylic oxidation sites excluding steroid dienone is 2. The average molecular weight is 323 g/mol. The Morgan fingerprint density at radius 2 is 2.00 bits per heavy atom. The maximum Gasteiger partial charge on any atom is 0.331 e. The minimum atomic E-state index is -3.13. The van der Waals surface area contributed by atoms with Gasteiger partial charge in [0.25, 0.3) is 5.92 Å². The number of hydrazine groups is 1. The topological polar surface area (TPSA) is 90.8 Å². The zero-order chi connectivity index (χ0) is 17.3. The number of carbonyl (C=O) groups excluding carboxylic acids is 1. The van der Waals surface area contributed by atoms with Crippen LogP contribution in [0.4, 0.5) is 8.78 Å². The van der Waals surface area contributed by atoms with Gasteiger partial charge in [-0.15, -0.1) is 0 Å². The molecule has 1 atom stereocenters. The number of alkyl halides is 2. The van der Waals surface area contributed by atoms with Crippen molar-refractivity contribution in [3.8, 4) is 0 Å². The van der Waals surface area contributed by atoms with Crippen molar-refractivity contribution in [3.05, 3.63) is 11.4 Å². The van der Waals surface area contributed by atoms with Crippen LogP contribution in [0.1, 0.15) is 39.5 Å². The SMILES string of the molecule is CC.COC(=O)COC1CC/C(N(C)N)=C(/N)C(F)(F)CC1. The van der Waals surface area contributed by atoms with Crippen molar-refractivity contribution >= 4 is 5.97 Å². The first-order valence-electron chi connectivity index (χ1n) is 7.31. The Morgan fingerprint density at radius 3 is 2.50 bits per heavy atom. The Bertz CT molecular complexity index is 388. The summed E-state index contributed by atoms with van der Waals surface area (Å²) in [6.45, 7) is 3.75. The van der Waals surface area contributed by atoms with Crippen LogP contribution in [0.3, 0.4) is 0 Å². The molecule has 0 spiro atoms. The van der Waals surface area contributed by atoms with Crippen LogP contribution in [-0.2, 0) is 14.3 Å². The molecule has 1 aliphatic carbocycles. The third kappa shape index (κ3) is 6.15. The van der Waals surface area contributed by atoms with Crippen molar-refractivity contribution < 1.29 is 23.0 Å². The summed E-state index contributed by atoms with van der Waals surface area (Å²) in [7, 11) is 2.70. The number of nitrogens with zero attached hydrogens (tertiary/aromatic N) is 1. The number of ether oxygens (including phenoxy) is 2. The summed E-state index contributed by atoms with van der Waals surface area (Å²) in [5, 5.41) is 1.10. The number of hydrogen-bond donors (Lipinski definition) is 2. The van der Waals surface area contributed by atoms with Crippen molar-refractivity contribution in [1.82, 2.24) is 5.01 Å². The highest BCUT2D eigenvalue weighted by Gasteiger charge is 2.37. The molecule has 0 radical (unpaired) electrons. The molecular formula is C14H27F2N3O3. The van der Waals surface area contributed by atoms with E-state index in [2.05, 4.69) is 4.74 Å². The number of halogens is 2. The van der Waals surface area contributed by atoms with Gasteiger partial charge in [0.15, 0.2) is 0 Å². The second kappa shape index (κ2) is 9.58. The maximum absolute atomic E-state index is 13.9. The summed E-state index contributed by atoms with van der Waals surface area (Å²) in [6, 6.07) is 0. The van der Waals surface area contributed by atoms with Gasteiger partial charge in [0.2, 0.25) is 0 Å². The van der Waals surface area contributed by atoms with Gasteiger partial charge in [0.05, 0.1) is 24.6 Å². The van der Waals surface area contributed by atoms with E-state index in [0.717, 1.165) is 5.01 Å². The molecule has 1 rings (SSSR count). The first kappa shape index (κ1) is 20.6. The van der Waals surface area contributed by atoms with Crippen molar-refractivity contribution in [2.75, 3.05) is 20.8 Å². The normalized spacial score (nSPS) is 24.4. The Hall–Kier alpha value is -1.41. The van der Waals surface area contributed by atoms with Crippen LogP contribution in [0.25, 0.3) is 0 Å². The third-order valence-corrected chi connectivity index (χ3v) is 3.28. The van der Waals surface area contributed by atoms with Crippen LogP contribution >= 0.6 is 0 Å². The fourth-order valence-corrected chi connectivity index (χ4v) is 2.04. The summed E-state index contributed by atoms with van der Waals surface area (Å²) in [5.41, 5.74) is 5.21. The zero-order valence-corrected chi connectivity index (χ0v) is 13.7. The van der Waals surface area contributed by atoms with Gasteiger partial charge in [0.1, 0.15) is 6.61 Å². The molecule has 1 unspecified atom stereocenters. The molecule has 0 aromatic heterocycles. The summed E-state index contributed by atoms with van der Waals surface area (Å²) in [4.78, 5) is 11.0. The molecule has 0 amide bonds. The average Bonchev–Trinajstić information content (AvgIpc) is 2.49. The fraction of sp³-hybridized carbons (Fsp3) is 0.786. The molecule has 8 heteroatoms. The minimum Gasteiger partial charge on any atom is -0.467 e. The van der Waals surface area contributed by atoms with Crippen molar-refractivity contribution in [3.63, 3.8) is 0 Å². The second-order valence-corrected chi connectivity index (χ2v) is 4.76. The fourth-order valence-electron chi connectivity index (χ4n) is 2.04. The first-order valence-corrected chi connectivity index (χ1v) is 7.31. The molecule has 0 aromatic carbocycles. The van der Waals surface area contributed by atoms with E-state index in [-0.39, 0.29) is 25.1 Å². The Morgan fingerprint density at radius 1 is 1.41 bits per heavy atom. The second-order valence-electron chi connectivity index (χ2n) is 4.76. The molecule has 0 fully saturated rings. The third-order valence-electron chi connectivity index (χ3n) is 3.28. The van der Waals surface area contributed by atoms with Crippen LogP contribution in [-0.4, -0.2) is 43.8 Å². The standard InChI is InChI=1S/C12H21F2N3O3.C2H6/c1-17(16)9-4-3-8(20-7-10(18)19-2)5-6-12(13,14)11(9)15;1-2/h8H,3-7,15-16H2,1-2H3;1-2H3/b11-9-;. The molecule has 0 heterocycles. The van der Waals surface area contributed by atoms with Gasteiger partial charge in [-0.05, 0) is 19.3 Å². The van der Waals surface area contributed by atoms with Crippen LogP contribution in [0.2, 0.25) is 0 Å². The van der Waals surface area contributed by atoms with Gasteiger partial charge in [0, 0.05) is 13.5 Å². The monoisotopic (exact) mass is 323 g/mol. The lowest BCUT2D eigenvalue weighted by Gasteiger charge is -2.30. The van der Waals surface area contributed by atoms with Gasteiger partial charge in [-0.2, -0.15) is 8.78 Å². The Labute approximate surface area is 130 Å². The van der Waals surface area contributed by atoms with E-state index >= 15 is 0 Å². The molecule has 4 N–H and O–H groups in total. The zero-order valence-electron chi connectivity index (χ0n) is 13.7. The summed E-state index contributed by atoms with van der Waals surface area (Å²) in [5.74, 6) is 1.87. The number of esters is 1. The lowest BCUT2D eigenvalue weighted by molar-refractivity contribution is -0.148. The van der Waals surface area contributed by atoms with Crippen LogP contribution < -0.4 is 11.6 Å². The molecule has 22 heavy (non-hydrogen) atoms. The number of rotatable bonds is 4. The Kier molecular flexibility index (Phi) is 8.96.